The van der Waals surface area contributed by atoms with Crippen molar-refractivity contribution in [1.29, 1.82) is 0 Å². The molecule has 8 fully saturated rings. The number of hydrogen-bond donors (Lipinski definition) is 26. The molecule has 89 heavy (non-hydrogen) atoms. The predicted octanol–water partition coefficient (Wildman–Crippen LogP) is -18.5. The lowest BCUT2D eigenvalue weighted by Gasteiger charge is -2.50. The third kappa shape index (κ3) is 15.0. The molecule has 8 rings (SSSR count). The summed E-state index contributed by atoms with van der Waals surface area (Å²) in [6, 6.07) is 0. The van der Waals surface area contributed by atoms with E-state index in [1.165, 1.54) is 0 Å². The van der Waals surface area contributed by atoms with E-state index in [9.17, 15) is 133 Å². The highest BCUT2D eigenvalue weighted by atomic mass is 16.8. The van der Waals surface area contributed by atoms with Crippen LogP contribution in [-0.4, -0.2) is 431 Å². The second-order valence-corrected chi connectivity index (χ2v) is 22.4. The predicted molar refractivity (Wildman–Crippen MR) is 264 cm³/mol. The zero-order chi connectivity index (χ0) is 65.4. The molecular formula is C48H82O41. The van der Waals surface area contributed by atoms with E-state index in [0.29, 0.717) is 0 Å². The van der Waals surface area contributed by atoms with E-state index in [1.54, 1.807) is 0 Å². The van der Waals surface area contributed by atoms with Crippen LogP contribution in [0.5, 0.6) is 0 Å². The quantitative estimate of drug-likeness (QED) is 0.0479. The summed E-state index contributed by atoms with van der Waals surface area (Å²) >= 11 is 0. The average molecular weight is 1320 g/mol. The van der Waals surface area contributed by atoms with Crippen LogP contribution < -0.4 is 0 Å². The van der Waals surface area contributed by atoms with E-state index >= 15 is 0 Å². The zero-order valence-electron chi connectivity index (χ0n) is 46.5. The van der Waals surface area contributed by atoms with Gasteiger partial charge in [-0.1, -0.05) is 0 Å². The fourth-order valence-corrected chi connectivity index (χ4v) is 11.5. The van der Waals surface area contributed by atoms with Gasteiger partial charge in [0.2, 0.25) is 0 Å². The van der Waals surface area contributed by atoms with Crippen LogP contribution in [0.3, 0.4) is 0 Å². The molecule has 0 aromatic heterocycles. The van der Waals surface area contributed by atoms with Crippen molar-refractivity contribution >= 4 is 0 Å². The maximum Gasteiger partial charge on any atom is 0.187 e. The summed E-state index contributed by atoms with van der Waals surface area (Å²) in [5.41, 5.74) is 0. The summed E-state index contributed by atoms with van der Waals surface area (Å²) in [6.07, 6.45) is -78.4. The molecule has 1 unspecified atom stereocenters. The monoisotopic (exact) mass is 1310 g/mol. The second kappa shape index (κ2) is 31.5. The van der Waals surface area contributed by atoms with Crippen molar-refractivity contribution in [2.45, 2.75) is 246 Å². The molecular weight excluding hydrogens is 1230 g/mol. The standard InChI is InChI=1S/C48H82O41/c49-1-9-17(57)18(58)27(67)42(76-9)84-35-11(3-51)78-44(29(69)20(35)60)86-37-13(5-53)80-46(31(71)22(37)62)88-39-15(7-55)82-48(33(73)24(39)64)89-40-16(8-56)81-47(32(72)25(40)65)87-38-14(6-54)79-45(30(70)23(38)63)85-36-12(4-52)77-43(28(68)21(36)61)83-34-10(2-50)75-41(74)26(66)19(34)59/h9-74H,1-8H2/t9-,10-,11-,12-,13-,14-,15-,16-,17-,18+,19-,20-,21-,22-,23-,24-,25-,26-,27-,28-,29-,30-,31-,32-,33-,34-,35-,36-,37-,38-,39-,40-,41?,42+,43+,44+,45+,46+,47+,48+/m1/s1. The van der Waals surface area contributed by atoms with Crippen LogP contribution in [0.2, 0.25) is 0 Å². The second-order valence-electron chi connectivity index (χ2n) is 22.4. The Labute approximate surface area is 501 Å². The smallest absolute Gasteiger partial charge is 0.187 e. The van der Waals surface area contributed by atoms with Crippen LogP contribution >= 0.6 is 0 Å². The molecule has 0 saturated carbocycles. The molecule has 8 heterocycles. The Kier molecular flexibility index (Phi) is 25.9. The summed E-state index contributed by atoms with van der Waals surface area (Å²) in [5, 5.41) is 277. The first-order valence-electron chi connectivity index (χ1n) is 28.2. The molecule has 0 aromatic carbocycles. The van der Waals surface area contributed by atoms with Crippen molar-refractivity contribution in [3.63, 3.8) is 0 Å². The van der Waals surface area contributed by atoms with E-state index in [2.05, 4.69) is 0 Å². The molecule has 26 N–H and O–H groups in total. The molecule has 0 radical (unpaired) electrons. The summed E-state index contributed by atoms with van der Waals surface area (Å²) < 4.78 is 83.4. The molecule has 41 heteroatoms. The van der Waals surface area contributed by atoms with Crippen molar-refractivity contribution in [3.8, 4) is 0 Å². The van der Waals surface area contributed by atoms with Gasteiger partial charge >= 0.3 is 0 Å². The van der Waals surface area contributed by atoms with Gasteiger partial charge in [-0.3, -0.25) is 0 Å². The van der Waals surface area contributed by atoms with Gasteiger partial charge in [0, 0.05) is 0 Å². The summed E-state index contributed by atoms with van der Waals surface area (Å²) in [5.74, 6) is 0. The Bertz CT molecular complexity index is 2120. The van der Waals surface area contributed by atoms with E-state index in [-0.39, 0.29) is 0 Å². The highest BCUT2D eigenvalue weighted by Crippen LogP contribution is 2.39. The van der Waals surface area contributed by atoms with Crippen molar-refractivity contribution in [3.05, 3.63) is 0 Å². The summed E-state index contributed by atoms with van der Waals surface area (Å²) in [4.78, 5) is 0. The van der Waals surface area contributed by atoms with Gasteiger partial charge in [-0.15, -0.1) is 0 Å². The minimum Gasteiger partial charge on any atom is -0.394 e. The molecule has 8 aliphatic heterocycles. The largest absolute Gasteiger partial charge is 0.394 e. The maximum absolute atomic E-state index is 11.4. The van der Waals surface area contributed by atoms with Gasteiger partial charge in [-0.25, -0.2) is 0 Å². The molecule has 8 aliphatic rings. The maximum atomic E-state index is 11.4. The van der Waals surface area contributed by atoms with Crippen LogP contribution in [0.25, 0.3) is 0 Å². The van der Waals surface area contributed by atoms with Gasteiger partial charge in [-0.05, 0) is 0 Å². The van der Waals surface area contributed by atoms with Gasteiger partial charge in [-0.2, -0.15) is 0 Å². The first-order valence-corrected chi connectivity index (χ1v) is 28.2. The molecule has 0 spiro atoms. The number of hydrogen-bond acceptors (Lipinski definition) is 41. The molecule has 0 aliphatic carbocycles. The van der Waals surface area contributed by atoms with Crippen LogP contribution in [-0.2, 0) is 71.1 Å². The van der Waals surface area contributed by atoms with Crippen molar-refractivity contribution < 1.29 is 204 Å². The van der Waals surface area contributed by atoms with Crippen LogP contribution in [0.4, 0.5) is 0 Å². The fourth-order valence-electron chi connectivity index (χ4n) is 11.5. The molecule has 520 valence electrons. The van der Waals surface area contributed by atoms with E-state index in [1.807, 2.05) is 0 Å². The minimum absolute atomic E-state index is 0.854. The molecule has 0 bridgehead atoms. The Morgan fingerprint density at radius 3 is 0.517 bits per heavy atom. The molecule has 41 nitrogen and oxygen atoms in total. The van der Waals surface area contributed by atoms with Crippen molar-refractivity contribution in [2.24, 2.45) is 0 Å². The first-order chi connectivity index (χ1) is 42.2. The number of rotatable bonds is 22. The highest BCUT2D eigenvalue weighted by molar-refractivity contribution is 5.02. The molecule has 40 atom stereocenters. The topological polar surface area (TPSA) is 664 Å². The molecule has 0 aromatic rings. The zero-order valence-corrected chi connectivity index (χ0v) is 46.5. The van der Waals surface area contributed by atoms with Gasteiger partial charge in [0.25, 0.3) is 0 Å². The Morgan fingerprint density at radius 2 is 0.326 bits per heavy atom. The van der Waals surface area contributed by atoms with E-state index in [0.717, 1.165) is 0 Å². The van der Waals surface area contributed by atoms with Crippen molar-refractivity contribution in [2.75, 3.05) is 52.9 Å². The number of ether oxygens (including phenoxy) is 15. The third-order valence-electron chi connectivity index (χ3n) is 16.7. The highest BCUT2D eigenvalue weighted by Gasteiger charge is 2.59. The minimum atomic E-state index is -2.26. The fraction of sp³-hybridized carbons (Fsp3) is 1.00. The van der Waals surface area contributed by atoms with Gasteiger partial charge in [0.1, 0.15) is 195 Å². The number of aliphatic hydroxyl groups is 26. The van der Waals surface area contributed by atoms with Crippen molar-refractivity contribution in [1.82, 2.24) is 0 Å². The lowest BCUT2D eigenvalue weighted by Crippen LogP contribution is -2.68. The Balaban J connectivity index is 0.850. The van der Waals surface area contributed by atoms with Gasteiger partial charge < -0.3 is 204 Å². The van der Waals surface area contributed by atoms with Crippen LogP contribution in [0.15, 0.2) is 0 Å². The Hall–Kier alpha value is -1.64. The van der Waals surface area contributed by atoms with Gasteiger partial charge in [0.15, 0.2) is 50.3 Å². The third-order valence-corrected chi connectivity index (χ3v) is 16.7. The normalized spacial score (nSPS) is 53.6. The number of aliphatic hydroxyl groups excluding tert-OH is 26. The lowest BCUT2D eigenvalue weighted by molar-refractivity contribution is -0.399. The summed E-state index contributed by atoms with van der Waals surface area (Å²) in [7, 11) is 0. The SMILES string of the molecule is OC[C@H]1O[C@@H](O[C@H]2[C@H](O)[C@@H](O)[C@H](O[C@H]3[C@H](O)[C@@H](O)[C@H](O[C@H]4[C@H](O)[C@@H](O)[C@H](O[C@H]5[C@H](O)[C@@H](O)[C@H](O[C@H]6[C@H](O)[C@@H](O)[C@H](O[C@H]7[C@H](O)[C@@H](O)[C@H](O[C@H]8[C@H](O)[C@@H](O)C(O)O[C@@H]8CO)O[C@@H]7CO)O[C@@H]6CO)O[C@@H]5CO)O[C@@H]4CO)O[C@@H]3CO)O[C@@H]2CO)[C@H](O)[C@@H](O)[C@@H]1O. The molecule has 0 amide bonds. The van der Waals surface area contributed by atoms with E-state index < -0.39 is 299 Å². The van der Waals surface area contributed by atoms with Gasteiger partial charge in [0.05, 0.1) is 52.9 Å². The first kappa shape index (κ1) is 73.2. The average Bonchev–Trinajstić information content (AvgIpc) is 1.20. The molecule has 8 saturated heterocycles. The lowest BCUT2D eigenvalue weighted by atomic mass is 9.95. The summed E-state index contributed by atoms with van der Waals surface area (Å²) in [6.45, 7) is -8.07. The van der Waals surface area contributed by atoms with Crippen LogP contribution in [0.1, 0.15) is 0 Å². The Morgan fingerprint density at radius 1 is 0.169 bits per heavy atom. The van der Waals surface area contributed by atoms with Crippen LogP contribution in [0, 0.1) is 0 Å². The van der Waals surface area contributed by atoms with E-state index in [4.69, 9.17) is 71.1 Å².